The molecule has 1 aromatic rings. The number of hydrogen-bond donors (Lipinski definition) is 4. The molecule has 17 heavy (non-hydrogen) atoms. The smallest absolute Gasteiger partial charge is 0.0787 e. The van der Waals surface area contributed by atoms with Gasteiger partial charge in [0.2, 0.25) is 0 Å². The first-order valence-corrected chi connectivity index (χ1v) is 6.08. The van der Waals surface area contributed by atoms with Crippen molar-refractivity contribution in [3.8, 4) is 0 Å². The molecule has 0 amide bonds. The Morgan fingerprint density at radius 2 is 2.18 bits per heavy atom. The lowest BCUT2D eigenvalue weighted by Crippen LogP contribution is -2.17. The number of anilines is 2. The number of rotatable bonds is 7. The van der Waals surface area contributed by atoms with Crippen molar-refractivity contribution < 1.29 is 10.2 Å². The van der Waals surface area contributed by atoms with Crippen molar-refractivity contribution in [1.82, 2.24) is 0 Å². The van der Waals surface area contributed by atoms with Gasteiger partial charge in [0.1, 0.15) is 0 Å². The zero-order chi connectivity index (χ0) is 12.7. The highest BCUT2D eigenvalue weighted by Crippen LogP contribution is 2.20. The van der Waals surface area contributed by atoms with Crippen LogP contribution in [0.25, 0.3) is 0 Å². The first-order chi connectivity index (χ1) is 8.17. The Morgan fingerprint density at radius 3 is 2.82 bits per heavy atom. The number of benzene rings is 1. The molecule has 0 saturated carbocycles. The highest BCUT2D eigenvalue weighted by Gasteiger charge is 2.04. The summed E-state index contributed by atoms with van der Waals surface area (Å²) in [5.41, 5.74) is 8.79. The molecule has 1 rings (SSSR count). The van der Waals surface area contributed by atoms with Gasteiger partial charge in [-0.15, -0.1) is 0 Å². The molecule has 0 aliphatic heterocycles. The molecule has 0 saturated heterocycles. The van der Waals surface area contributed by atoms with Crippen molar-refractivity contribution in [3.63, 3.8) is 0 Å². The van der Waals surface area contributed by atoms with Crippen LogP contribution in [0, 0.1) is 0 Å². The predicted molar refractivity (Wildman–Crippen MR) is 71.0 cm³/mol. The molecule has 0 bridgehead atoms. The van der Waals surface area contributed by atoms with Crippen molar-refractivity contribution in [1.29, 1.82) is 0 Å². The van der Waals surface area contributed by atoms with Gasteiger partial charge < -0.3 is 21.3 Å². The molecular weight excluding hydrogens is 216 g/mol. The van der Waals surface area contributed by atoms with E-state index in [0.717, 1.165) is 24.2 Å². The van der Waals surface area contributed by atoms with Gasteiger partial charge in [0, 0.05) is 17.9 Å². The van der Waals surface area contributed by atoms with E-state index in [1.807, 2.05) is 18.2 Å². The summed E-state index contributed by atoms with van der Waals surface area (Å²) in [6, 6.07) is 5.81. The van der Waals surface area contributed by atoms with Crippen LogP contribution in [-0.4, -0.2) is 29.5 Å². The lowest BCUT2D eigenvalue weighted by atomic mass is 10.1. The molecule has 0 aliphatic rings. The number of aliphatic hydroxyl groups excluding tert-OH is 2. The molecule has 96 valence electrons. The van der Waals surface area contributed by atoms with Gasteiger partial charge in [0.05, 0.1) is 12.7 Å². The van der Waals surface area contributed by atoms with E-state index in [9.17, 15) is 5.11 Å². The minimum Gasteiger partial charge on any atom is -0.399 e. The van der Waals surface area contributed by atoms with Gasteiger partial charge in [-0.2, -0.15) is 0 Å². The van der Waals surface area contributed by atoms with Crippen molar-refractivity contribution in [2.24, 2.45) is 0 Å². The lowest BCUT2D eigenvalue weighted by Gasteiger charge is -2.13. The number of hydrogen-bond acceptors (Lipinski definition) is 4. The minimum absolute atomic E-state index is 0.189. The number of aryl methyl sites for hydroxylation is 1. The average molecular weight is 238 g/mol. The molecule has 1 atom stereocenters. The molecule has 0 spiro atoms. The molecule has 4 nitrogen and oxygen atoms in total. The molecule has 0 radical (unpaired) electrons. The fourth-order valence-corrected chi connectivity index (χ4v) is 1.73. The van der Waals surface area contributed by atoms with Crippen LogP contribution in [0.3, 0.4) is 0 Å². The monoisotopic (exact) mass is 238 g/mol. The van der Waals surface area contributed by atoms with Gasteiger partial charge in [-0.05, 0) is 36.6 Å². The Labute approximate surface area is 102 Å². The summed E-state index contributed by atoms with van der Waals surface area (Å²) in [6.45, 7) is 2.58. The topological polar surface area (TPSA) is 78.5 Å². The van der Waals surface area contributed by atoms with Crippen LogP contribution in [0.15, 0.2) is 18.2 Å². The summed E-state index contributed by atoms with van der Waals surface area (Å²) in [5, 5.41) is 21.2. The highest BCUT2D eigenvalue weighted by molar-refractivity contribution is 5.58. The van der Waals surface area contributed by atoms with Crippen LogP contribution in [0.4, 0.5) is 11.4 Å². The second kappa shape index (κ2) is 7.14. The Kier molecular flexibility index (Phi) is 5.80. The van der Waals surface area contributed by atoms with Crippen LogP contribution < -0.4 is 11.1 Å². The van der Waals surface area contributed by atoms with Gasteiger partial charge in [-0.3, -0.25) is 0 Å². The van der Waals surface area contributed by atoms with E-state index < -0.39 is 6.10 Å². The first-order valence-electron chi connectivity index (χ1n) is 6.08. The molecule has 5 N–H and O–H groups in total. The van der Waals surface area contributed by atoms with E-state index in [-0.39, 0.29) is 6.61 Å². The predicted octanol–water partition coefficient (Wildman–Crippen LogP) is 1.38. The van der Waals surface area contributed by atoms with Crippen molar-refractivity contribution >= 4 is 11.4 Å². The molecule has 0 fully saturated rings. The van der Waals surface area contributed by atoms with Crippen LogP contribution in [0.1, 0.15) is 25.3 Å². The largest absolute Gasteiger partial charge is 0.399 e. The number of aliphatic hydroxyl groups is 2. The third kappa shape index (κ3) is 4.63. The Morgan fingerprint density at radius 1 is 1.41 bits per heavy atom. The van der Waals surface area contributed by atoms with Gasteiger partial charge in [-0.1, -0.05) is 13.3 Å². The van der Waals surface area contributed by atoms with E-state index in [1.54, 1.807) is 0 Å². The molecule has 0 aliphatic carbocycles. The zero-order valence-corrected chi connectivity index (χ0v) is 10.3. The Balaban J connectivity index is 2.57. The average Bonchev–Trinajstić information content (AvgIpc) is 2.32. The summed E-state index contributed by atoms with van der Waals surface area (Å²) in [5.74, 6) is 0. The minimum atomic E-state index is -0.647. The van der Waals surface area contributed by atoms with Gasteiger partial charge >= 0.3 is 0 Å². The SMILES string of the molecule is CCCc1cc(N)ccc1NCCC(O)CO. The molecular formula is C13H22N2O2. The lowest BCUT2D eigenvalue weighted by molar-refractivity contribution is 0.0911. The number of nitrogens with two attached hydrogens (primary N) is 1. The summed E-state index contributed by atoms with van der Waals surface area (Å²) in [7, 11) is 0. The maximum Gasteiger partial charge on any atom is 0.0787 e. The summed E-state index contributed by atoms with van der Waals surface area (Å²) < 4.78 is 0. The quantitative estimate of drug-likeness (QED) is 0.541. The maximum atomic E-state index is 9.24. The fourth-order valence-electron chi connectivity index (χ4n) is 1.73. The third-order valence-electron chi connectivity index (χ3n) is 2.65. The molecule has 4 heteroatoms. The highest BCUT2D eigenvalue weighted by atomic mass is 16.3. The van der Waals surface area contributed by atoms with Gasteiger partial charge in [-0.25, -0.2) is 0 Å². The van der Waals surface area contributed by atoms with Crippen LogP contribution in [0.5, 0.6) is 0 Å². The Bertz CT molecular complexity index is 342. The molecule has 0 aromatic heterocycles. The molecule has 1 aromatic carbocycles. The molecule has 1 unspecified atom stereocenters. The second-order valence-corrected chi connectivity index (χ2v) is 4.22. The van der Waals surface area contributed by atoms with E-state index in [1.165, 1.54) is 5.56 Å². The van der Waals surface area contributed by atoms with Crippen LogP contribution in [0.2, 0.25) is 0 Å². The van der Waals surface area contributed by atoms with Gasteiger partial charge in [0.25, 0.3) is 0 Å². The van der Waals surface area contributed by atoms with E-state index in [2.05, 4.69) is 12.2 Å². The number of nitrogens with one attached hydrogen (secondary N) is 1. The van der Waals surface area contributed by atoms with E-state index in [0.29, 0.717) is 13.0 Å². The standard InChI is InChI=1S/C13H22N2O2/c1-2-3-10-8-11(14)4-5-13(10)15-7-6-12(17)9-16/h4-5,8,12,15-17H,2-3,6-7,9,14H2,1H3. The zero-order valence-electron chi connectivity index (χ0n) is 10.3. The first kappa shape index (κ1) is 13.8. The van der Waals surface area contributed by atoms with E-state index >= 15 is 0 Å². The third-order valence-corrected chi connectivity index (χ3v) is 2.65. The van der Waals surface area contributed by atoms with E-state index in [4.69, 9.17) is 10.8 Å². The van der Waals surface area contributed by atoms with Crippen molar-refractivity contribution in [2.45, 2.75) is 32.3 Å². The summed E-state index contributed by atoms with van der Waals surface area (Å²) in [4.78, 5) is 0. The van der Waals surface area contributed by atoms with Crippen LogP contribution in [-0.2, 0) is 6.42 Å². The molecule has 0 heterocycles. The maximum absolute atomic E-state index is 9.24. The summed E-state index contributed by atoms with van der Waals surface area (Å²) >= 11 is 0. The number of nitrogen functional groups attached to an aromatic ring is 1. The fraction of sp³-hybridized carbons (Fsp3) is 0.538. The summed E-state index contributed by atoms with van der Waals surface area (Å²) in [6.07, 6.45) is 1.94. The van der Waals surface area contributed by atoms with Gasteiger partial charge in [0.15, 0.2) is 0 Å². The second-order valence-electron chi connectivity index (χ2n) is 4.22. The van der Waals surface area contributed by atoms with Crippen LogP contribution >= 0.6 is 0 Å². The Hall–Kier alpha value is -1.26. The normalized spacial score (nSPS) is 12.4. The van der Waals surface area contributed by atoms with Crippen molar-refractivity contribution in [3.05, 3.63) is 23.8 Å². The van der Waals surface area contributed by atoms with Crippen molar-refractivity contribution in [2.75, 3.05) is 24.2 Å².